The molecule has 0 saturated heterocycles. The van der Waals surface area contributed by atoms with E-state index in [1.54, 1.807) is 31.2 Å². The summed E-state index contributed by atoms with van der Waals surface area (Å²) in [6.45, 7) is 5.36. The van der Waals surface area contributed by atoms with Gasteiger partial charge in [-0.2, -0.15) is 0 Å². The Morgan fingerprint density at radius 1 is 1.41 bits per heavy atom. The molecule has 0 aromatic carbocycles. The predicted octanol–water partition coefficient (Wildman–Crippen LogP) is 2.60. The summed E-state index contributed by atoms with van der Waals surface area (Å²) in [6, 6.07) is 0. The maximum absolute atomic E-state index is 11.8. The highest BCUT2D eigenvalue weighted by molar-refractivity contribution is 5.83. The Morgan fingerprint density at radius 2 is 2.23 bits per heavy atom. The Hall–Kier alpha value is -2.85. The molecule has 4 heteroatoms. The molecule has 0 radical (unpaired) electrons. The maximum Gasteiger partial charge on any atom is 0.331 e. The number of ether oxygens (including phenoxy) is 3. The van der Waals surface area contributed by atoms with Gasteiger partial charge in [0.1, 0.15) is 5.76 Å². The quantitative estimate of drug-likeness (QED) is 0.446. The zero-order valence-electron chi connectivity index (χ0n) is 12.7. The second-order valence-electron chi connectivity index (χ2n) is 4.87. The van der Waals surface area contributed by atoms with Gasteiger partial charge in [-0.1, -0.05) is 17.4 Å². The lowest BCUT2D eigenvalue weighted by Gasteiger charge is -2.27. The molecule has 0 aliphatic carbocycles. The van der Waals surface area contributed by atoms with Crippen LogP contribution in [-0.4, -0.2) is 17.9 Å². The van der Waals surface area contributed by atoms with Crippen molar-refractivity contribution in [3.63, 3.8) is 0 Å². The van der Waals surface area contributed by atoms with E-state index in [0.717, 1.165) is 5.57 Å². The fourth-order valence-corrected chi connectivity index (χ4v) is 1.88. The van der Waals surface area contributed by atoms with Crippen LogP contribution in [0.3, 0.4) is 0 Å². The molecule has 2 heterocycles. The summed E-state index contributed by atoms with van der Waals surface area (Å²) in [6.07, 6.45) is 8.88. The second-order valence-corrected chi connectivity index (χ2v) is 4.87. The average molecular weight is 296 g/mol. The van der Waals surface area contributed by atoms with E-state index < -0.39 is 17.9 Å². The minimum absolute atomic E-state index is 0.438. The molecular weight excluding hydrogens is 280 g/mol. The smallest absolute Gasteiger partial charge is 0.331 e. The van der Waals surface area contributed by atoms with Gasteiger partial charge in [-0.25, -0.2) is 4.79 Å². The zero-order chi connectivity index (χ0) is 16.0. The van der Waals surface area contributed by atoms with E-state index in [9.17, 15) is 4.79 Å². The molecule has 1 spiro atoms. The van der Waals surface area contributed by atoms with Crippen LogP contribution >= 0.6 is 0 Å². The molecule has 112 valence electrons. The van der Waals surface area contributed by atoms with Gasteiger partial charge in [-0.3, -0.25) is 0 Å². The standard InChI is InChI=1S/C18H16O4/c1-4-5-6-7-8-15-9-11-18(22-15)16(10-12-20-18)21-17(19)13-14(2)3/h8-13,16H,1-3H3/t16-,18+/m0/s1. The van der Waals surface area contributed by atoms with Crippen LogP contribution < -0.4 is 0 Å². The van der Waals surface area contributed by atoms with Crippen molar-refractivity contribution in [1.29, 1.82) is 0 Å². The molecule has 2 atom stereocenters. The third kappa shape index (κ3) is 3.62. The summed E-state index contributed by atoms with van der Waals surface area (Å²) in [5, 5.41) is 0. The van der Waals surface area contributed by atoms with Crippen LogP contribution in [0.1, 0.15) is 20.8 Å². The topological polar surface area (TPSA) is 44.8 Å². The number of esters is 1. The predicted molar refractivity (Wildman–Crippen MR) is 81.8 cm³/mol. The first-order valence-electron chi connectivity index (χ1n) is 6.76. The van der Waals surface area contributed by atoms with Crippen LogP contribution in [0, 0.1) is 23.7 Å². The van der Waals surface area contributed by atoms with Crippen LogP contribution in [0.5, 0.6) is 0 Å². The third-order valence-electron chi connectivity index (χ3n) is 2.78. The highest BCUT2D eigenvalue weighted by atomic mass is 16.7. The monoisotopic (exact) mass is 296 g/mol. The largest absolute Gasteiger partial charge is 0.453 e. The van der Waals surface area contributed by atoms with E-state index in [4.69, 9.17) is 14.2 Å². The van der Waals surface area contributed by atoms with Gasteiger partial charge in [0.25, 0.3) is 0 Å². The van der Waals surface area contributed by atoms with Gasteiger partial charge < -0.3 is 14.2 Å². The van der Waals surface area contributed by atoms with Crippen molar-refractivity contribution in [2.75, 3.05) is 0 Å². The molecule has 4 nitrogen and oxygen atoms in total. The van der Waals surface area contributed by atoms with Gasteiger partial charge in [0.05, 0.1) is 6.26 Å². The lowest BCUT2D eigenvalue weighted by Crippen LogP contribution is -2.40. The van der Waals surface area contributed by atoms with Crippen molar-refractivity contribution < 1.29 is 19.0 Å². The van der Waals surface area contributed by atoms with Crippen LogP contribution in [0.2, 0.25) is 0 Å². The highest BCUT2D eigenvalue weighted by Crippen LogP contribution is 2.36. The van der Waals surface area contributed by atoms with Gasteiger partial charge in [0, 0.05) is 18.2 Å². The molecule has 0 bridgehead atoms. The SMILES string of the molecule is CC#CC#CC=C1C=C[C@@]2(OC=C[C@@H]2OC(=O)C=C(C)C)O1. The highest BCUT2D eigenvalue weighted by Gasteiger charge is 2.48. The maximum atomic E-state index is 11.8. The molecule has 0 aromatic heterocycles. The first-order chi connectivity index (χ1) is 10.6. The van der Waals surface area contributed by atoms with Crippen molar-refractivity contribution in [1.82, 2.24) is 0 Å². The normalized spacial score (nSPS) is 25.6. The van der Waals surface area contributed by atoms with E-state index in [2.05, 4.69) is 23.7 Å². The van der Waals surface area contributed by atoms with E-state index in [1.165, 1.54) is 12.3 Å². The average Bonchev–Trinajstić information content (AvgIpc) is 3.03. The van der Waals surface area contributed by atoms with Crippen molar-refractivity contribution in [3.8, 4) is 23.7 Å². The summed E-state index contributed by atoms with van der Waals surface area (Å²) in [4.78, 5) is 11.8. The minimum Gasteiger partial charge on any atom is -0.453 e. The van der Waals surface area contributed by atoms with Crippen molar-refractivity contribution in [3.05, 3.63) is 48.0 Å². The summed E-state index contributed by atoms with van der Waals surface area (Å²) in [7, 11) is 0. The molecular formula is C18H16O4. The summed E-state index contributed by atoms with van der Waals surface area (Å²) in [5.74, 6) is 9.67. The molecule has 0 unspecified atom stereocenters. The van der Waals surface area contributed by atoms with Crippen LogP contribution in [0.15, 0.2) is 48.0 Å². The van der Waals surface area contributed by atoms with Crippen LogP contribution in [0.25, 0.3) is 0 Å². The zero-order valence-corrected chi connectivity index (χ0v) is 12.7. The lowest BCUT2D eigenvalue weighted by atomic mass is 10.1. The van der Waals surface area contributed by atoms with Crippen molar-refractivity contribution in [2.45, 2.75) is 32.7 Å². The molecule has 0 N–H and O–H groups in total. The van der Waals surface area contributed by atoms with E-state index >= 15 is 0 Å². The molecule has 2 aliphatic rings. The van der Waals surface area contributed by atoms with E-state index in [1.807, 2.05) is 13.8 Å². The first kappa shape index (κ1) is 15.5. The lowest BCUT2D eigenvalue weighted by molar-refractivity contribution is -0.187. The van der Waals surface area contributed by atoms with Crippen LogP contribution in [0.4, 0.5) is 0 Å². The van der Waals surface area contributed by atoms with Crippen molar-refractivity contribution >= 4 is 5.97 Å². The van der Waals surface area contributed by atoms with Crippen LogP contribution in [-0.2, 0) is 19.0 Å². The molecule has 2 rings (SSSR count). The number of hydrogen-bond acceptors (Lipinski definition) is 4. The summed E-state index contributed by atoms with van der Waals surface area (Å²) < 4.78 is 16.6. The summed E-state index contributed by atoms with van der Waals surface area (Å²) >= 11 is 0. The number of hydrogen-bond donors (Lipinski definition) is 0. The van der Waals surface area contributed by atoms with Gasteiger partial charge in [-0.15, -0.1) is 0 Å². The van der Waals surface area contributed by atoms with Gasteiger partial charge in [-0.05, 0) is 44.8 Å². The van der Waals surface area contributed by atoms with Crippen molar-refractivity contribution in [2.24, 2.45) is 0 Å². The fraction of sp³-hybridized carbons (Fsp3) is 0.278. The molecule has 0 amide bonds. The molecule has 0 aromatic rings. The number of carbonyl (C=O) groups is 1. The van der Waals surface area contributed by atoms with Gasteiger partial charge in [0.2, 0.25) is 6.10 Å². The first-order valence-corrected chi connectivity index (χ1v) is 6.76. The van der Waals surface area contributed by atoms with E-state index in [-0.39, 0.29) is 0 Å². The number of allylic oxidation sites excluding steroid dienone is 3. The molecule has 2 aliphatic heterocycles. The van der Waals surface area contributed by atoms with Gasteiger partial charge >= 0.3 is 11.8 Å². The Kier molecular flexibility index (Phi) is 4.76. The Balaban J connectivity index is 2.07. The second kappa shape index (κ2) is 6.74. The van der Waals surface area contributed by atoms with E-state index in [0.29, 0.717) is 5.76 Å². The minimum atomic E-state index is -1.14. The van der Waals surface area contributed by atoms with Gasteiger partial charge in [0.15, 0.2) is 0 Å². The molecule has 0 saturated carbocycles. The Labute approximate surface area is 130 Å². The third-order valence-corrected chi connectivity index (χ3v) is 2.78. The number of carbonyl (C=O) groups excluding carboxylic acids is 1. The molecule has 0 fully saturated rings. The fourth-order valence-electron chi connectivity index (χ4n) is 1.88. The Morgan fingerprint density at radius 3 is 2.95 bits per heavy atom. The summed E-state index contributed by atoms with van der Waals surface area (Å²) in [5.41, 5.74) is 0.859. The molecule has 22 heavy (non-hydrogen) atoms. The number of rotatable bonds is 2. The Bertz CT molecular complexity index is 697.